The standard InChI is InChI=1S/C18H22N2O/c1-13-8-9-17(14(2)10-13)20(3)12-15-11-19-16-6-4-5-7-18(16)21-15/h4-10,15,19H,11-12H2,1-3H3. The molecule has 2 aromatic rings. The number of hydrogen-bond acceptors (Lipinski definition) is 3. The van der Waals surface area contributed by atoms with Crippen LogP contribution < -0.4 is 15.0 Å². The van der Waals surface area contributed by atoms with Gasteiger partial charge >= 0.3 is 0 Å². The van der Waals surface area contributed by atoms with Crippen molar-refractivity contribution >= 4 is 11.4 Å². The molecule has 110 valence electrons. The lowest BCUT2D eigenvalue weighted by Crippen LogP contribution is -2.40. The van der Waals surface area contributed by atoms with Crippen molar-refractivity contribution in [1.82, 2.24) is 0 Å². The monoisotopic (exact) mass is 282 g/mol. The van der Waals surface area contributed by atoms with Gasteiger partial charge in [0, 0.05) is 12.7 Å². The van der Waals surface area contributed by atoms with E-state index in [4.69, 9.17) is 4.74 Å². The summed E-state index contributed by atoms with van der Waals surface area (Å²) in [7, 11) is 2.13. The highest BCUT2D eigenvalue weighted by atomic mass is 16.5. The Hall–Kier alpha value is -2.16. The minimum atomic E-state index is 0.158. The van der Waals surface area contributed by atoms with E-state index in [0.717, 1.165) is 24.5 Å². The number of benzene rings is 2. The van der Waals surface area contributed by atoms with Crippen LogP contribution in [-0.2, 0) is 0 Å². The van der Waals surface area contributed by atoms with Crippen LogP contribution in [0.1, 0.15) is 11.1 Å². The van der Waals surface area contributed by atoms with Gasteiger partial charge in [-0.15, -0.1) is 0 Å². The number of anilines is 2. The molecule has 3 nitrogen and oxygen atoms in total. The maximum Gasteiger partial charge on any atom is 0.143 e. The predicted octanol–water partition coefficient (Wildman–Crippen LogP) is 3.61. The molecule has 21 heavy (non-hydrogen) atoms. The zero-order chi connectivity index (χ0) is 14.8. The molecule has 3 rings (SSSR count). The molecule has 1 N–H and O–H groups in total. The Morgan fingerprint density at radius 1 is 1.19 bits per heavy atom. The van der Waals surface area contributed by atoms with Crippen molar-refractivity contribution in [2.24, 2.45) is 0 Å². The fourth-order valence-corrected chi connectivity index (χ4v) is 2.90. The zero-order valence-electron chi connectivity index (χ0n) is 12.9. The molecule has 3 heteroatoms. The molecule has 1 unspecified atom stereocenters. The first-order valence-corrected chi connectivity index (χ1v) is 7.41. The van der Waals surface area contributed by atoms with Gasteiger partial charge in [-0.2, -0.15) is 0 Å². The fourth-order valence-electron chi connectivity index (χ4n) is 2.90. The summed E-state index contributed by atoms with van der Waals surface area (Å²) < 4.78 is 6.08. The second-order valence-electron chi connectivity index (χ2n) is 5.79. The van der Waals surface area contributed by atoms with Gasteiger partial charge in [-0.25, -0.2) is 0 Å². The van der Waals surface area contributed by atoms with E-state index >= 15 is 0 Å². The van der Waals surface area contributed by atoms with Crippen molar-refractivity contribution in [2.45, 2.75) is 20.0 Å². The molecule has 0 aromatic heterocycles. The normalized spacial score (nSPS) is 16.6. The Morgan fingerprint density at radius 2 is 2.00 bits per heavy atom. The van der Waals surface area contributed by atoms with E-state index in [-0.39, 0.29) is 6.10 Å². The summed E-state index contributed by atoms with van der Waals surface area (Å²) in [5.74, 6) is 0.947. The molecule has 0 spiro atoms. The van der Waals surface area contributed by atoms with Gasteiger partial charge in [0.2, 0.25) is 0 Å². The fraction of sp³-hybridized carbons (Fsp3) is 0.333. The molecular weight excluding hydrogens is 260 g/mol. The molecule has 0 saturated carbocycles. The van der Waals surface area contributed by atoms with Gasteiger partial charge < -0.3 is 15.0 Å². The third-order valence-electron chi connectivity index (χ3n) is 3.94. The summed E-state index contributed by atoms with van der Waals surface area (Å²) in [5.41, 5.74) is 4.96. The second-order valence-corrected chi connectivity index (χ2v) is 5.79. The van der Waals surface area contributed by atoms with Crippen LogP contribution in [0.3, 0.4) is 0 Å². The lowest BCUT2D eigenvalue weighted by Gasteiger charge is -2.31. The molecule has 2 aromatic carbocycles. The van der Waals surface area contributed by atoms with Gasteiger partial charge in [-0.1, -0.05) is 29.8 Å². The molecule has 1 atom stereocenters. The van der Waals surface area contributed by atoms with Gasteiger partial charge in [-0.05, 0) is 37.6 Å². The number of fused-ring (bicyclic) bond motifs is 1. The largest absolute Gasteiger partial charge is 0.485 e. The lowest BCUT2D eigenvalue weighted by molar-refractivity contribution is 0.212. The molecule has 1 aliphatic heterocycles. The van der Waals surface area contributed by atoms with Gasteiger partial charge in [0.05, 0.1) is 18.8 Å². The predicted molar refractivity (Wildman–Crippen MR) is 88.5 cm³/mol. The van der Waals surface area contributed by atoms with Crippen LogP contribution in [0.2, 0.25) is 0 Å². The summed E-state index contributed by atoms with van der Waals surface area (Å²) in [4.78, 5) is 2.27. The van der Waals surface area contributed by atoms with E-state index in [1.54, 1.807) is 0 Å². The van der Waals surface area contributed by atoms with Crippen LogP contribution in [0.25, 0.3) is 0 Å². The van der Waals surface area contributed by atoms with Crippen molar-refractivity contribution in [3.63, 3.8) is 0 Å². The molecule has 1 heterocycles. The molecule has 0 fully saturated rings. The molecule has 0 saturated heterocycles. The number of ether oxygens (including phenoxy) is 1. The summed E-state index contributed by atoms with van der Waals surface area (Å²) in [6, 6.07) is 14.7. The first-order chi connectivity index (χ1) is 10.1. The number of nitrogens with one attached hydrogen (secondary N) is 1. The third kappa shape index (κ3) is 2.97. The van der Waals surface area contributed by atoms with Gasteiger partial charge in [-0.3, -0.25) is 0 Å². The van der Waals surface area contributed by atoms with E-state index in [1.807, 2.05) is 18.2 Å². The number of para-hydroxylation sites is 2. The van der Waals surface area contributed by atoms with Crippen LogP contribution in [-0.4, -0.2) is 26.2 Å². The average Bonchev–Trinajstić information content (AvgIpc) is 2.47. The van der Waals surface area contributed by atoms with E-state index in [2.05, 4.69) is 55.4 Å². The number of nitrogens with zero attached hydrogens (tertiary/aromatic N) is 1. The van der Waals surface area contributed by atoms with E-state index in [9.17, 15) is 0 Å². The highest BCUT2D eigenvalue weighted by Gasteiger charge is 2.20. The SMILES string of the molecule is Cc1ccc(N(C)CC2CNc3ccccc3O2)c(C)c1. The lowest BCUT2D eigenvalue weighted by atomic mass is 10.1. The highest BCUT2D eigenvalue weighted by molar-refractivity contribution is 5.58. The van der Waals surface area contributed by atoms with Crippen LogP contribution in [0.5, 0.6) is 5.75 Å². The number of rotatable bonds is 3. The smallest absolute Gasteiger partial charge is 0.143 e. The Labute approximate surface area is 126 Å². The van der Waals surface area contributed by atoms with Crippen molar-refractivity contribution in [1.29, 1.82) is 0 Å². The van der Waals surface area contributed by atoms with Gasteiger partial charge in [0.15, 0.2) is 0 Å². The second kappa shape index (κ2) is 5.68. The molecule has 0 aliphatic carbocycles. The van der Waals surface area contributed by atoms with Crippen LogP contribution >= 0.6 is 0 Å². The number of likely N-dealkylation sites (N-methyl/N-ethyl adjacent to an activating group) is 1. The topological polar surface area (TPSA) is 24.5 Å². The minimum absolute atomic E-state index is 0.158. The van der Waals surface area contributed by atoms with Crippen LogP contribution in [0.15, 0.2) is 42.5 Å². The van der Waals surface area contributed by atoms with E-state index in [1.165, 1.54) is 16.8 Å². The Kier molecular flexibility index (Phi) is 3.74. The van der Waals surface area contributed by atoms with Crippen molar-refractivity contribution < 1.29 is 4.74 Å². The summed E-state index contributed by atoms with van der Waals surface area (Å²) >= 11 is 0. The maximum atomic E-state index is 6.08. The summed E-state index contributed by atoms with van der Waals surface area (Å²) in [5, 5.41) is 3.44. The van der Waals surface area contributed by atoms with Crippen molar-refractivity contribution in [3.8, 4) is 5.75 Å². The van der Waals surface area contributed by atoms with Crippen LogP contribution in [0.4, 0.5) is 11.4 Å². The third-order valence-corrected chi connectivity index (χ3v) is 3.94. The van der Waals surface area contributed by atoms with E-state index in [0.29, 0.717) is 0 Å². The van der Waals surface area contributed by atoms with Crippen molar-refractivity contribution in [3.05, 3.63) is 53.6 Å². The molecular formula is C18H22N2O. The molecule has 1 aliphatic rings. The van der Waals surface area contributed by atoms with E-state index < -0.39 is 0 Å². The Bertz CT molecular complexity index is 639. The number of hydrogen-bond donors (Lipinski definition) is 1. The van der Waals surface area contributed by atoms with Gasteiger partial charge in [0.1, 0.15) is 11.9 Å². The Balaban J connectivity index is 1.70. The van der Waals surface area contributed by atoms with Crippen LogP contribution in [0, 0.1) is 13.8 Å². The molecule has 0 amide bonds. The summed E-state index contributed by atoms with van der Waals surface area (Å²) in [6.07, 6.45) is 0.158. The maximum absolute atomic E-state index is 6.08. The highest BCUT2D eigenvalue weighted by Crippen LogP contribution is 2.29. The average molecular weight is 282 g/mol. The first kappa shape index (κ1) is 13.8. The molecule has 0 bridgehead atoms. The minimum Gasteiger partial charge on any atom is -0.485 e. The quantitative estimate of drug-likeness (QED) is 0.930. The Morgan fingerprint density at radius 3 is 2.81 bits per heavy atom. The summed E-state index contributed by atoms with van der Waals surface area (Å²) in [6.45, 7) is 5.99. The number of aryl methyl sites for hydroxylation is 2. The van der Waals surface area contributed by atoms with Crippen molar-refractivity contribution in [2.75, 3.05) is 30.4 Å². The van der Waals surface area contributed by atoms with Gasteiger partial charge in [0.25, 0.3) is 0 Å². The first-order valence-electron chi connectivity index (χ1n) is 7.41. The molecule has 0 radical (unpaired) electrons. The zero-order valence-corrected chi connectivity index (χ0v) is 12.9.